The van der Waals surface area contributed by atoms with Crippen LogP contribution in [-0.2, 0) is 14.3 Å². The third-order valence-electron chi connectivity index (χ3n) is 3.25. The first-order valence-corrected chi connectivity index (χ1v) is 5.63. The molecule has 10 heteroatoms. The number of carbonyl (C=O) groups is 1. The fraction of sp³-hybridized carbons (Fsp3) is 0.500. The number of nitrogens with one attached hydrogen (secondary N) is 1. The van der Waals surface area contributed by atoms with E-state index in [-0.39, 0.29) is 0 Å². The molecule has 3 N–H and O–H groups in total. The van der Waals surface area contributed by atoms with Gasteiger partial charge in [0.2, 0.25) is 5.82 Å². The van der Waals surface area contributed by atoms with Gasteiger partial charge in [-0.3, -0.25) is 14.3 Å². The summed E-state index contributed by atoms with van der Waals surface area (Å²) in [6.07, 6.45) is -6.21. The summed E-state index contributed by atoms with van der Waals surface area (Å²) in [5.41, 5.74) is -2.20. The van der Waals surface area contributed by atoms with E-state index in [2.05, 4.69) is 0 Å². The highest BCUT2D eigenvalue weighted by Crippen LogP contribution is 2.36. The fourth-order valence-corrected chi connectivity index (χ4v) is 2.28. The number of rotatable bonds is 1. The molecule has 0 unspecified atom stereocenters. The van der Waals surface area contributed by atoms with E-state index in [1.54, 1.807) is 4.98 Å². The van der Waals surface area contributed by atoms with E-state index in [9.17, 15) is 29.0 Å². The van der Waals surface area contributed by atoms with Gasteiger partial charge in [0.05, 0.1) is 6.20 Å². The summed E-state index contributed by atoms with van der Waals surface area (Å²) in [5.74, 6) is -2.19. The highest BCUT2D eigenvalue weighted by molar-refractivity contribution is 5.78. The van der Waals surface area contributed by atoms with Crippen molar-refractivity contribution in [3.05, 3.63) is 32.9 Å². The molecular formula is C10H9FN2O7. The van der Waals surface area contributed by atoms with E-state index >= 15 is 0 Å². The molecule has 9 nitrogen and oxygen atoms in total. The minimum Gasteiger partial charge on any atom is -0.455 e. The number of aromatic amines is 1. The van der Waals surface area contributed by atoms with Crippen LogP contribution in [0.3, 0.4) is 0 Å². The van der Waals surface area contributed by atoms with Crippen LogP contribution in [0.15, 0.2) is 15.8 Å². The van der Waals surface area contributed by atoms with Crippen LogP contribution in [0.25, 0.3) is 0 Å². The molecule has 2 aliphatic heterocycles. The van der Waals surface area contributed by atoms with Crippen LogP contribution >= 0.6 is 0 Å². The van der Waals surface area contributed by atoms with Gasteiger partial charge in [0.15, 0.2) is 18.4 Å². The number of H-pyrrole nitrogens is 1. The van der Waals surface area contributed by atoms with Crippen molar-refractivity contribution < 1.29 is 28.9 Å². The first kappa shape index (κ1) is 13.0. The van der Waals surface area contributed by atoms with Gasteiger partial charge in [-0.1, -0.05) is 0 Å². The lowest BCUT2D eigenvalue weighted by atomic mass is 10.1. The number of fused-ring (bicyclic) bond motifs is 1. The lowest BCUT2D eigenvalue weighted by Crippen LogP contribution is -2.39. The summed E-state index contributed by atoms with van der Waals surface area (Å²) in [4.78, 5) is 35.3. The summed E-state index contributed by atoms with van der Waals surface area (Å²) < 4.78 is 23.7. The van der Waals surface area contributed by atoms with Crippen LogP contribution in [0.1, 0.15) is 6.23 Å². The van der Waals surface area contributed by atoms with Gasteiger partial charge in [-0.25, -0.2) is 9.59 Å². The van der Waals surface area contributed by atoms with Crippen LogP contribution in [0.2, 0.25) is 0 Å². The smallest absolute Gasteiger partial charge is 0.338 e. The van der Waals surface area contributed by atoms with E-state index in [1.165, 1.54) is 0 Å². The summed E-state index contributed by atoms with van der Waals surface area (Å²) in [7, 11) is 0. The van der Waals surface area contributed by atoms with Crippen molar-refractivity contribution in [3.63, 3.8) is 0 Å². The zero-order chi connectivity index (χ0) is 14.6. The molecule has 108 valence electrons. The second-order valence-electron chi connectivity index (χ2n) is 4.47. The lowest BCUT2D eigenvalue weighted by Gasteiger charge is -2.18. The molecule has 0 bridgehead atoms. The third kappa shape index (κ3) is 1.69. The summed E-state index contributed by atoms with van der Waals surface area (Å²) in [6.45, 7) is 0. The van der Waals surface area contributed by atoms with Crippen LogP contribution < -0.4 is 11.2 Å². The molecule has 3 heterocycles. The number of aliphatic hydroxyl groups is 2. The molecule has 1 aromatic rings. The van der Waals surface area contributed by atoms with Gasteiger partial charge in [-0.15, -0.1) is 0 Å². The van der Waals surface area contributed by atoms with E-state index in [1.807, 2.05) is 0 Å². The molecule has 0 aromatic carbocycles. The number of halogens is 1. The minimum absolute atomic E-state index is 0.574. The van der Waals surface area contributed by atoms with Crippen molar-refractivity contribution in [1.82, 2.24) is 9.55 Å². The second kappa shape index (κ2) is 4.23. The van der Waals surface area contributed by atoms with Gasteiger partial charge < -0.3 is 19.7 Å². The monoisotopic (exact) mass is 288 g/mol. The molecule has 0 aliphatic carbocycles. The zero-order valence-electron chi connectivity index (χ0n) is 9.72. The van der Waals surface area contributed by atoms with Crippen molar-refractivity contribution in [3.8, 4) is 0 Å². The Morgan fingerprint density at radius 1 is 1.25 bits per heavy atom. The molecule has 0 amide bonds. The topological polar surface area (TPSA) is 131 Å². The van der Waals surface area contributed by atoms with Gasteiger partial charge in [-0.2, -0.15) is 4.39 Å². The Morgan fingerprint density at radius 3 is 2.60 bits per heavy atom. The predicted molar refractivity (Wildman–Crippen MR) is 57.1 cm³/mol. The highest BCUT2D eigenvalue weighted by atomic mass is 19.1. The summed E-state index contributed by atoms with van der Waals surface area (Å²) in [5, 5.41) is 19.4. The quantitative estimate of drug-likeness (QED) is 0.476. The molecule has 1 aromatic heterocycles. The van der Waals surface area contributed by atoms with E-state index in [4.69, 9.17) is 9.47 Å². The molecule has 20 heavy (non-hydrogen) atoms. The Morgan fingerprint density at radius 2 is 1.95 bits per heavy atom. The van der Waals surface area contributed by atoms with Crippen molar-refractivity contribution in [2.45, 2.75) is 30.6 Å². The Bertz CT molecular complexity index is 683. The van der Waals surface area contributed by atoms with Crippen LogP contribution in [0.5, 0.6) is 0 Å². The lowest BCUT2D eigenvalue weighted by molar-refractivity contribution is -0.155. The number of hydrogen-bond donors (Lipinski definition) is 3. The Balaban J connectivity index is 1.98. The average Bonchev–Trinajstić information content (AvgIpc) is 2.84. The van der Waals surface area contributed by atoms with E-state index in [0.29, 0.717) is 10.8 Å². The van der Waals surface area contributed by atoms with Crippen LogP contribution in [-0.4, -0.2) is 50.1 Å². The number of ether oxygens (including phenoxy) is 2. The van der Waals surface area contributed by atoms with Gasteiger partial charge in [0.1, 0.15) is 12.2 Å². The first-order chi connectivity index (χ1) is 9.40. The fourth-order valence-electron chi connectivity index (χ4n) is 2.28. The molecule has 0 spiro atoms. The maximum Gasteiger partial charge on any atom is 0.338 e. The third-order valence-corrected chi connectivity index (χ3v) is 3.25. The van der Waals surface area contributed by atoms with Gasteiger partial charge in [-0.05, 0) is 0 Å². The number of hydrogen-bond acceptors (Lipinski definition) is 7. The largest absolute Gasteiger partial charge is 0.455 e. The van der Waals surface area contributed by atoms with Gasteiger partial charge >= 0.3 is 11.7 Å². The molecular weight excluding hydrogens is 279 g/mol. The first-order valence-electron chi connectivity index (χ1n) is 5.63. The number of aliphatic hydroxyl groups excluding tert-OH is 2. The van der Waals surface area contributed by atoms with Crippen LogP contribution in [0.4, 0.5) is 4.39 Å². The number of carbonyl (C=O) groups excluding carboxylic acids is 1. The molecule has 2 aliphatic rings. The van der Waals surface area contributed by atoms with Crippen molar-refractivity contribution in [2.75, 3.05) is 0 Å². The van der Waals surface area contributed by atoms with Gasteiger partial charge in [0, 0.05) is 0 Å². The summed E-state index contributed by atoms with van der Waals surface area (Å²) >= 11 is 0. The van der Waals surface area contributed by atoms with Gasteiger partial charge in [0.25, 0.3) is 5.56 Å². The number of aromatic nitrogens is 2. The van der Waals surface area contributed by atoms with Crippen LogP contribution in [0, 0.1) is 5.82 Å². The SMILES string of the molecule is O=C1O[C@@H]2[C@@H](O)[C@H](n3cc(F)c(=O)[nH]c3=O)O[C@@H]2[C@@H]1O. The number of esters is 1. The standard InChI is InChI=1S/C10H9FN2O7/c11-2-1-13(10(18)12-7(2)16)8-3(14)5-6(19-8)4(15)9(17)20-5/h1,3-6,8,14-15H,(H,12,16,18)/t3-,4+,5-,6-,8-/m1/s1. The molecule has 0 radical (unpaired) electrons. The Kier molecular flexibility index (Phi) is 2.74. The molecule has 2 fully saturated rings. The van der Waals surface area contributed by atoms with Crippen molar-refractivity contribution >= 4 is 5.97 Å². The highest BCUT2D eigenvalue weighted by Gasteiger charge is 2.57. The van der Waals surface area contributed by atoms with Crippen molar-refractivity contribution in [1.29, 1.82) is 0 Å². The normalized spacial score (nSPS) is 36.0. The maximum absolute atomic E-state index is 13.2. The number of nitrogens with zero attached hydrogens (tertiary/aromatic N) is 1. The van der Waals surface area contributed by atoms with E-state index in [0.717, 1.165) is 0 Å². The van der Waals surface area contributed by atoms with Crippen molar-refractivity contribution in [2.24, 2.45) is 0 Å². The Hall–Kier alpha value is -2.04. The summed E-state index contributed by atoms with van der Waals surface area (Å²) in [6, 6.07) is 0. The molecule has 5 atom stereocenters. The zero-order valence-corrected chi connectivity index (χ0v) is 9.72. The molecule has 2 saturated heterocycles. The molecule has 3 rings (SSSR count). The molecule has 0 saturated carbocycles. The minimum atomic E-state index is -1.59. The second-order valence-corrected chi connectivity index (χ2v) is 4.47. The predicted octanol–water partition coefficient (Wildman–Crippen LogP) is -2.78. The Labute approximate surface area is 109 Å². The average molecular weight is 288 g/mol. The van der Waals surface area contributed by atoms with E-state index < -0.39 is 53.7 Å². The maximum atomic E-state index is 13.2.